The van der Waals surface area contributed by atoms with E-state index in [0.29, 0.717) is 23.5 Å². The number of benzene rings is 1. The Bertz CT molecular complexity index is 1200. The summed E-state index contributed by atoms with van der Waals surface area (Å²) in [6.45, 7) is 1.91. The van der Waals surface area contributed by atoms with Crippen LogP contribution in [0.2, 0.25) is 0 Å². The summed E-state index contributed by atoms with van der Waals surface area (Å²) >= 11 is 1.62. The van der Waals surface area contributed by atoms with Gasteiger partial charge in [-0.25, -0.2) is 9.37 Å². The van der Waals surface area contributed by atoms with Gasteiger partial charge in [-0.2, -0.15) is 14.9 Å². The molecule has 4 aromatic rings. The van der Waals surface area contributed by atoms with Gasteiger partial charge in [0, 0.05) is 28.3 Å². The van der Waals surface area contributed by atoms with Crippen LogP contribution in [0.1, 0.15) is 28.5 Å². The van der Waals surface area contributed by atoms with Crippen LogP contribution in [0.5, 0.6) is 0 Å². The Morgan fingerprint density at radius 3 is 2.83 bits per heavy atom. The number of nitrogens with one attached hydrogen (secondary N) is 1. The number of nitrogens with zero attached hydrogens (tertiary/aromatic N) is 5. The fourth-order valence-corrected chi connectivity index (χ4v) is 4.40. The predicted octanol–water partition coefficient (Wildman–Crippen LogP) is 3.71. The van der Waals surface area contributed by atoms with Gasteiger partial charge in [-0.3, -0.25) is 4.79 Å². The highest BCUT2D eigenvalue weighted by Gasteiger charge is 2.33. The molecule has 0 unspecified atom stereocenters. The lowest BCUT2D eigenvalue weighted by molar-refractivity contribution is -0.116. The van der Waals surface area contributed by atoms with Crippen LogP contribution in [0.4, 0.5) is 10.2 Å². The molecule has 1 aliphatic heterocycles. The molecule has 9 heteroatoms. The molecule has 4 heterocycles. The molecule has 0 spiro atoms. The highest BCUT2D eigenvalue weighted by molar-refractivity contribution is 7.10. The average molecular weight is 406 g/mol. The molecular formula is C20H15FN6OS. The number of hydrogen-bond donors (Lipinski definition) is 1. The van der Waals surface area contributed by atoms with Crippen LogP contribution in [-0.2, 0) is 4.79 Å². The minimum atomic E-state index is -0.324. The number of thiophene rings is 1. The smallest absolute Gasteiger partial charge is 0.272 e. The lowest BCUT2D eigenvalue weighted by atomic mass is 9.91. The Morgan fingerprint density at radius 1 is 1.24 bits per heavy atom. The highest BCUT2D eigenvalue weighted by atomic mass is 32.1. The number of amides is 1. The quantitative estimate of drug-likeness (QED) is 0.561. The fraction of sp³-hybridized carbons (Fsp3) is 0.150. The van der Waals surface area contributed by atoms with Gasteiger partial charge >= 0.3 is 0 Å². The third kappa shape index (κ3) is 3.09. The fourth-order valence-electron chi connectivity index (χ4n) is 3.57. The molecule has 1 N–H and O–H groups in total. The van der Waals surface area contributed by atoms with E-state index in [1.54, 1.807) is 23.5 Å². The number of fused-ring (bicyclic) bond motifs is 1. The third-order valence-electron chi connectivity index (χ3n) is 4.87. The molecule has 0 bridgehead atoms. The van der Waals surface area contributed by atoms with E-state index in [-0.39, 0.29) is 23.6 Å². The molecule has 1 atom stereocenters. The molecule has 29 heavy (non-hydrogen) atoms. The van der Waals surface area contributed by atoms with E-state index in [2.05, 4.69) is 25.6 Å². The van der Waals surface area contributed by atoms with Crippen LogP contribution in [-0.4, -0.2) is 30.9 Å². The van der Waals surface area contributed by atoms with Crippen LogP contribution in [0.3, 0.4) is 0 Å². The van der Waals surface area contributed by atoms with Crippen molar-refractivity contribution >= 4 is 23.1 Å². The molecule has 5 rings (SSSR count). The highest BCUT2D eigenvalue weighted by Crippen LogP contribution is 2.41. The molecule has 0 fully saturated rings. The van der Waals surface area contributed by atoms with Gasteiger partial charge in [0.05, 0.1) is 17.6 Å². The second kappa shape index (κ2) is 6.85. The molecule has 0 aliphatic carbocycles. The first kappa shape index (κ1) is 17.6. The van der Waals surface area contributed by atoms with E-state index in [9.17, 15) is 9.18 Å². The maximum Gasteiger partial charge on any atom is 0.272 e. The molecule has 7 nitrogen and oxygen atoms in total. The average Bonchev–Trinajstić information content (AvgIpc) is 3.37. The topological polar surface area (TPSA) is 85.6 Å². The Morgan fingerprint density at radius 2 is 2.07 bits per heavy atom. The maximum atomic E-state index is 13.2. The molecule has 144 valence electrons. The summed E-state index contributed by atoms with van der Waals surface area (Å²) < 4.78 is 14.7. The molecule has 0 saturated carbocycles. The van der Waals surface area contributed by atoms with Crippen molar-refractivity contribution in [3.05, 3.63) is 69.9 Å². The number of aromatic nitrogens is 5. The molecule has 0 radical (unpaired) electrons. The number of rotatable bonds is 3. The Balaban J connectivity index is 1.62. The van der Waals surface area contributed by atoms with Gasteiger partial charge < -0.3 is 5.32 Å². The first-order valence-electron chi connectivity index (χ1n) is 8.99. The van der Waals surface area contributed by atoms with Crippen molar-refractivity contribution in [2.45, 2.75) is 19.3 Å². The van der Waals surface area contributed by atoms with E-state index >= 15 is 0 Å². The largest absolute Gasteiger partial charge is 0.310 e. The van der Waals surface area contributed by atoms with Crippen molar-refractivity contribution in [3.8, 4) is 17.2 Å². The maximum absolute atomic E-state index is 13.2. The monoisotopic (exact) mass is 406 g/mol. The molecule has 1 amide bonds. The number of halogens is 1. The van der Waals surface area contributed by atoms with Gasteiger partial charge in [0.25, 0.3) is 5.95 Å². The molecule has 1 aromatic carbocycles. The van der Waals surface area contributed by atoms with Crippen molar-refractivity contribution in [2.75, 3.05) is 5.32 Å². The zero-order valence-corrected chi connectivity index (χ0v) is 16.2. The molecule has 1 aliphatic rings. The van der Waals surface area contributed by atoms with Gasteiger partial charge in [0.2, 0.25) is 5.91 Å². The zero-order valence-electron chi connectivity index (χ0n) is 15.3. The van der Waals surface area contributed by atoms with Crippen molar-refractivity contribution < 1.29 is 9.18 Å². The summed E-state index contributed by atoms with van der Waals surface area (Å²) in [5, 5.41) is 17.6. The number of anilines is 1. The van der Waals surface area contributed by atoms with Gasteiger partial charge in [-0.1, -0.05) is 6.07 Å². The minimum absolute atomic E-state index is 0.0549. The van der Waals surface area contributed by atoms with Crippen LogP contribution >= 0.6 is 11.3 Å². The Kier molecular flexibility index (Phi) is 4.17. The second-order valence-corrected chi connectivity index (χ2v) is 7.71. The molecular weight excluding hydrogens is 391 g/mol. The van der Waals surface area contributed by atoms with E-state index in [1.165, 1.54) is 23.0 Å². The zero-order chi connectivity index (χ0) is 20.0. The van der Waals surface area contributed by atoms with Gasteiger partial charge in [-0.05, 0) is 42.6 Å². The standard InChI is InChI=1S/C20H15FN6OS/c1-11-18-14(16-3-2-8-29-16)9-17(28)24-19(18)27(26-11)20-23-15(10-22-25-20)12-4-6-13(21)7-5-12/h2-8,10,14H,9H2,1H3,(H,24,28)/t14-/m1/s1. The first-order chi connectivity index (χ1) is 14.1. The summed E-state index contributed by atoms with van der Waals surface area (Å²) in [6.07, 6.45) is 1.88. The SMILES string of the molecule is Cc1nn(-c2nncc(-c3ccc(F)cc3)n2)c2c1[C@@H](c1cccs1)CC(=O)N2. The summed E-state index contributed by atoms with van der Waals surface area (Å²) in [6, 6.07) is 9.99. The second-order valence-electron chi connectivity index (χ2n) is 6.73. The number of hydrogen-bond acceptors (Lipinski definition) is 6. The minimum Gasteiger partial charge on any atom is -0.310 e. The molecule has 3 aromatic heterocycles. The Labute approximate surface area is 169 Å². The third-order valence-corrected chi connectivity index (χ3v) is 5.85. The van der Waals surface area contributed by atoms with E-state index in [0.717, 1.165) is 16.1 Å². The van der Waals surface area contributed by atoms with Crippen LogP contribution in [0, 0.1) is 12.7 Å². The summed E-state index contributed by atoms with van der Waals surface area (Å²) in [5.41, 5.74) is 3.01. The number of carbonyl (C=O) groups excluding carboxylic acids is 1. The van der Waals surface area contributed by atoms with Crippen LogP contribution in [0.15, 0.2) is 48.0 Å². The van der Waals surface area contributed by atoms with Gasteiger partial charge in [0.15, 0.2) is 0 Å². The normalized spacial score (nSPS) is 15.8. The van der Waals surface area contributed by atoms with Crippen molar-refractivity contribution in [2.24, 2.45) is 0 Å². The summed E-state index contributed by atoms with van der Waals surface area (Å²) in [7, 11) is 0. The van der Waals surface area contributed by atoms with E-state index in [4.69, 9.17) is 0 Å². The predicted molar refractivity (Wildman–Crippen MR) is 106 cm³/mol. The van der Waals surface area contributed by atoms with Crippen molar-refractivity contribution in [3.63, 3.8) is 0 Å². The first-order valence-corrected chi connectivity index (χ1v) is 9.87. The summed E-state index contributed by atoms with van der Waals surface area (Å²) in [5.74, 6) is 0.342. The molecule has 0 saturated heterocycles. The van der Waals surface area contributed by atoms with Gasteiger partial charge in [-0.15, -0.1) is 16.4 Å². The lowest BCUT2D eigenvalue weighted by Gasteiger charge is -2.22. The van der Waals surface area contributed by atoms with Crippen molar-refractivity contribution in [1.29, 1.82) is 0 Å². The Hall–Kier alpha value is -3.46. The van der Waals surface area contributed by atoms with E-state index in [1.807, 2.05) is 24.4 Å². The summed E-state index contributed by atoms with van der Waals surface area (Å²) in [4.78, 5) is 18.1. The number of carbonyl (C=O) groups is 1. The van der Waals surface area contributed by atoms with Crippen LogP contribution < -0.4 is 5.32 Å². The van der Waals surface area contributed by atoms with E-state index < -0.39 is 0 Å². The van der Waals surface area contributed by atoms with Crippen LogP contribution in [0.25, 0.3) is 17.2 Å². The van der Waals surface area contributed by atoms with Crippen molar-refractivity contribution in [1.82, 2.24) is 25.0 Å². The lowest BCUT2D eigenvalue weighted by Crippen LogP contribution is -2.25. The van der Waals surface area contributed by atoms with Gasteiger partial charge in [0.1, 0.15) is 11.6 Å². The number of aryl methyl sites for hydroxylation is 1.